The summed E-state index contributed by atoms with van der Waals surface area (Å²) >= 11 is 0. The highest BCUT2D eigenvalue weighted by molar-refractivity contribution is 5.94. The maximum Gasteiger partial charge on any atom is 0.246 e. The lowest BCUT2D eigenvalue weighted by molar-refractivity contribution is -0.149. The quantitative estimate of drug-likeness (QED) is 0.330. The summed E-state index contributed by atoms with van der Waals surface area (Å²) in [5.74, 6) is -0.0463. The fraction of sp³-hybridized carbons (Fsp3) is 0.541. The van der Waals surface area contributed by atoms with Crippen LogP contribution < -0.4 is 16.0 Å². The first-order valence-corrected chi connectivity index (χ1v) is 16.9. The van der Waals surface area contributed by atoms with Gasteiger partial charge in [0.25, 0.3) is 0 Å². The number of carbonyl (C=O) groups excluding carboxylic acids is 3. The van der Waals surface area contributed by atoms with Crippen molar-refractivity contribution in [3.63, 3.8) is 0 Å². The summed E-state index contributed by atoms with van der Waals surface area (Å²) in [5, 5.41) is 9.42. The number of allylic oxidation sites excluding steroid dienone is 6. The van der Waals surface area contributed by atoms with Crippen LogP contribution in [0.25, 0.3) is 0 Å². The molecule has 0 aromatic carbocycles. The Balaban J connectivity index is 1.66. The number of hydrogen-bond donors (Lipinski definition) is 3. The van der Waals surface area contributed by atoms with Gasteiger partial charge in [-0.2, -0.15) is 0 Å². The van der Waals surface area contributed by atoms with Crippen LogP contribution in [0.1, 0.15) is 65.2 Å². The topological polar surface area (TPSA) is 103 Å². The summed E-state index contributed by atoms with van der Waals surface area (Å²) in [6.45, 7) is 17.2. The molecule has 1 saturated carbocycles. The number of carbonyl (C=O) groups is 3. The van der Waals surface area contributed by atoms with Gasteiger partial charge in [0, 0.05) is 25.2 Å². The lowest BCUT2D eigenvalue weighted by Gasteiger charge is -2.46. The fourth-order valence-electron chi connectivity index (χ4n) is 7.20. The average molecular weight is 632 g/mol. The number of amides is 3. The van der Waals surface area contributed by atoms with E-state index in [1.54, 1.807) is 18.0 Å². The molecule has 0 bridgehead atoms. The van der Waals surface area contributed by atoms with E-state index in [9.17, 15) is 14.4 Å². The molecule has 3 N–H and O–H groups in total. The first kappa shape index (κ1) is 35.0. The summed E-state index contributed by atoms with van der Waals surface area (Å²) in [6.07, 6.45) is 20.1. The van der Waals surface area contributed by atoms with Crippen molar-refractivity contribution in [1.29, 1.82) is 0 Å². The first-order chi connectivity index (χ1) is 22.2. The summed E-state index contributed by atoms with van der Waals surface area (Å²) in [4.78, 5) is 46.4. The molecule has 5 atom stereocenters. The maximum atomic E-state index is 14.7. The molecule has 0 aromatic rings. The second-order valence-electron chi connectivity index (χ2n) is 12.7. The molecule has 4 rings (SSSR count). The van der Waals surface area contributed by atoms with Gasteiger partial charge in [-0.15, -0.1) is 0 Å². The number of rotatable bonds is 10. The number of fused-ring (bicyclic) bond motifs is 1. The second-order valence-corrected chi connectivity index (χ2v) is 12.7. The Bertz CT molecular complexity index is 1290. The van der Waals surface area contributed by atoms with Crippen LogP contribution in [0.3, 0.4) is 0 Å². The third-order valence-corrected chi connectivity index (χ3v) is 9.75. The Morgan fingerprint density at radius 1 is 1.09 bits per heavy atom. The smallest absolute Gasteiger partial charge is 0.246 e. The van der Waals surface area contributed by atoms with Gasteiger partial charge in [0.2, 0.25) is 17.7 Å². The number of nitrogens with zero attached hydrogens (tertiary/aromatic N) is 2. The van der Waals surface area contributed by atoms with Crippen LogP contribution in [0.15, 0.2) is 84.9 Å². The van der Waals surface area contributed by atoms with E-state index in [0.717, 1.165) is 55.4 Å². The number of piperazine rings is 1. The normalized spacial score (nSPS) is 27.0. The predicted octanol–water partition coefficient (Wildman–Crippen LogP) is 4.44. The first-order valence-electron chi connectivity index (χ1n) is 16.9. The molecule has 1 saturated heterocycles. The van der Waals surface area contributed by atoms with E-state index in [2.05, 4.69) is 46.7 Å². The van der Waals surface area contributed by atoms with Crippen molar-refractivity contribution in [3.05, 3.63) is 84.9 Å². The largest absolute Gasteiger partial charge is 0.494 e. The van der Waals surface area contributed by atoms with Gasteiger partial charge < -0.3 is 30.5 Å². The zero-order chi connectivity index (χ0) is 33.2. The van der Waals surface area contributed by atoms with Crippen molar-refractivity contribution in [3.8, 4) is 0 Å². The molecule has 46 heavy (non-hydrogen) atoms. The monoisotopic (exact) mass is 631 g/mol. The zero-order valence-corrected chi connectivity index (χ0v) is 27.9. The number of nitrogens with one attached hydrogen (secondary N) is 3. The predicted molar refractivity (Wildman–Crippen MR) is 183 cm³/mol. The van der Waals surface area contributed by atoms with Crippen molar-refractivity contribution >= 4 is 17.7 Å². The molecular weight excluding hydrogens is 578 g/mol. The van der Waals surface area contributed by atoms with Crippen molar-refractivity contribution in [1.82, 2.24) is 25.8 Å². The molecule has 1 aliphatic carbocycles. The molecule has 0 aromatic heterocycles. The summed E-state index contributed by atoms with van der Waals surface area (Å²) in [6, 6.07) is -2.25. The average Bonchev–Trinajstić information content (AvgIpc) is 3.40. The Hall–Kier alpha value is -3.85. The van der Waals surface area contributed by atoms with Crippen LogP contribution in [0.4, 0.5) is 0 Å². The second kappa shape index (κ2) is 16.6. The lowest BCUT2D eigenvalue weighted by atomic mass is 9.82. The van der Waals surface area contributed by atoms with E-state index in [1.807, 2.05) is 44.2 Å². The highest BCUT2D eigenvalue weighted by atomic mass is 16.5. The molecule has 9 nitrogen and oxygen atoms in total. The van der Waals surface area contributed by atoms with Crippen LogP contribution >= 0.6 is 0 Å². The van der Waals surface area contributed by atoms with E-state index in [0.29, 0.717) is 38.3 Å². The maximum absolute atomic E-state index is 14.7. The van der Waals surface area contributed by atoms with Crippen LogP contribution in [0, 0.1) is 5.92 Å². The fourth-order valence-corrected chi connectivity index (χ4v) is 7.20. The van der Waals surface area contributed by atoms with E-state index in [4.69, 9.17) is 4.74 Å². The van der Waals surface area contributed by atoms with Crippen LogP contribution in [-0.2, 0) is 19.1 Å². The zero-order valence-electron chi connectivity index (χ0n) is 27.9. The highest BCUT2D eigenvalue weighted by Gasteiger charge is 2.46. The SMILES string of the molecule is C=CC1=C(/C=C\C)CC2CN(C(=O)C(NC(=O)[C@H](CC)NC)C3CCCCC3)[C@H](C(=O)N[C@@H]3CCOC(=C)/C=C\C=C/C3=C)CN12. The summed E-state index contributed by atoms with van der Waals surface area (Å²) in [7, 11) is 1.76. The molecule has 0 spiro atoms. The van der Waals surface area contributed by atoms with Crippen molar-refractivity contribution in [2.45, 2.75) is 95.4 Å². The van der Waals surface area contributed by atoms with Gasteiger partial charge in [-0.3, -0.25) is 14.4 Å². The summed E-state index contributed by atoms with van der Waals surface area (Å²) < 4.78 is 5.73. The van der Waals surface area contributed by atoms with Crippen molar-refractivity contribution in [2.75, 3.05) is 26.7 Å². The minimum absolute atomic E-state index is 0.00774. The van der Waals surface area contributed by atoms with E-state index in [-0.39, 0.29) is 35.7 Å². The van der Waals surface area contributed by atoms with Gasteiger partial charge in [-0.1, -0.05) is 76.3 Å². The van der Waals surface area contributed by atoms with Gasteiger partial charge in [-0.25, -0.2) is 0 Å². The van der Waals surface area contributed by atoms with E-state index < -0.39 is 18.1 Å². The summed E-state index contributed by atoms with van der Waals surface area (Å²) in [5.41, 5.74) is 2.88. The molecule has 250 valence electrons. The number of hydrogen-bond acceptors (Lipinski definition) is 6. The molecular formula is C37H53N5O4. The van der Waals surface area contributed by atoms with Crippen LogP contribution in [0.5, 0.6) is 0 Å². The van der Waals surface area contributed by atoms with Gasteiger partial charge in [-0.05, 0) is 68.9 Å². The van der Waals surface area contributed by atoms with Crippen molar-refractivity contribution < 1.29 is 19.1 Å². The van der Waals surface area contributed by atoms with E-state index >= 15 is 0 Å². The molecule has 0 radical (unpaired) electrons. The molecule has 9 heteroatoms. The van der Waals surface area contributed by atoms with Gasteiger partial charge >= 0.3 is 0 Å². The van der Waals surface area contributed by atoms with Crippen LogP contribution in [-0.4, -0.2) is 84.5 Å². The lowest BCUT2D eigenvalue weighted by Crippen LogP contribution is -2.67. The van der Waals surface area contributed by atoms with Gasteiger partial charge in [0.1, 0.15) is 17.8 Å². The molecule has 3 amide bonds. The molecule has 3 heterocycles. The number of ether oxygens (including phenoxy) is 1. The van der Waals surface area contributed by atoms with Gasteiger partial charge in [0.15, 0.2) is 0 Å². The highest BCUT2D eigenvalue weighted by Crippen LogP contribution is 2.36. The molecule has 4 aliphatic rings. The molecule has 3 aliphatic heterocycles. The number of likely N-dealkylation sites (N-methyl/N-ethyl adjacent to an activating group) is 1. The van der Waals surface area contributed by atoms with Gasteiger partial charge in [0.05, 0.1) is 24.7 Å². The Morgan fingerprint density at radius 2 is 1.83 bits per heavy atom. The standard InChI is InChI=1S/C37H53N5O4/c1-7-15-28-22-29-23-42(37(45)34(27-18-11-10-12-19-27)40-35(43)30(8-2)38-6)33(24-41(29)32(28)9-3)36(44)39-31-20-21-46-26(5)17-14-13-16-25(31)4/h7,9,13-17,27,29-31,33-34,38H,3-5,8,10-12,18-24H2,1-2,6H3,(H,39,44)(H,40,43)/b15-7-,16-13-,17-14-/t29?,30-,31+,33-,34?/m0/s1. The molecule has 2 unspecified atom stereocenters. The van der Waals surface area contributed by atoms with Crippen molar-refractivity contribution in [2.24, 2.45) is 5.92 Å². The minimum Gasteiger partial charge on any atom is -0.494 e. The third-order valence-electron chi connectivity index (χ3n) is 9.75. The van der Waals surface area contributed by atoms with E-state index in [1.165, 1.54) is 0 Å². The molecule has 2 fully saturated rings. The third kappa shape index (κ3) is 8.29. The Kier molecular flexibility index (Phi) is 12.7. The minimum atomic E-state index is -0.777. The van der Waals surface area contributed by atoms with Crippen LogP contribution in [0.2, 0.25) is 0 Å². The Labute approximate surface area is 275 Å². The Morgan fingerprint density at radius 3 is 2.50 bits per heavy atom.